The number of hydrogen-bond donors (Lipinski definition) is 0. The first kappa shape index (κ1) is 48.9. The van der Waals surface area contributed by atoms with Crippen LogP contribution < -0.4 is 0 Å². The van der Waals surface area contributed by atoms with Gasteiger partial charge in [0, 0.05) is 0 Å². The summed E-state index contributed by atoms with van der Waals surface area (Å²) in [5.41, 5.74) is 24.4. The minimum absolute atomic E-state index is 1.18. The van der Waals surface area contributed by atoms with Gasteiger partial charge < -0.3 is 0 Å². The van der Waals surface area contributed by atoms with Gasteiger partial charge in [0.2, 0.25) is 0 Å². The molecule has 0 aliphatic carbocycles. The Morgan fingerprint density at radius 3 is 0.878 bits per heavy atom. The maximum atomic E-state index is 2.57. The predicted octanol–water partition coefficient (Wildman–Crippen LogP) is 23.2. The molecule has 15 aromatic carbocycles. The highest BCUT2D eigenvalue weighted by Crippen LogP contribution is 2.56. The van der Waals surface area contributed by atoms with E-state index in [1.807, 2.05) is 0 Å². The standard InChI is InChI=1S/C82H58/c1-51-31-39-55(40-32-51)71-50-74(79-65-27-15-11-23-61(65)75(57-19-7-5-8-20-57)62-24-12-16-28-66(62)79)77(59-43-35-53(3)36-44-59)70-48-47-69-73(80(70)71)49-72(56-41-33-52(2)34-42-56)82(78(69)60-45-37-54(4)38-46-60)81-67-29-17-13-25-63(67)76(58-21-9-6-10-22-58)64-26-14-18-30-68(64)81/h5-50H,1-4H3. The molecule has 0 aliphatic rings. The Morgan fingerprint density at radius 1 is 0.159 bits per heavy atom. The normalized spacial score (nSPS) is 11.7. The van der Waals surface area contributed by atoms with Crippen LogP contribution in [0.25, 0.3) is 154 Å². The van der Waals surface area contributed by atoms with Gasteiger partial charge in [-0.1, -0.05) is 289 Å². The maximum Gasteiger partial charge on any atom is -0.000786 e. The summed E-state index contributed by atoms with van der Waals surface area (Å²) in [4.78, 5) is 0. The quantitative estimate of drug-likeness (QED) is 0.105. The van der Waals surface area contributed by atoms with E-state index in [0.29, 0.717) is 0 Å². The number of benzene rings is 15. The highest BCUT2D eigenvalue weighted by molar-refractivity contribution is 6.31. The Labute approximate surface area is 479 Å². The van der Waals surface area contributed by atoms with Gasteiger partial charge in [-0.2, -0.15) is 0 Å². The van der Waals surface area contributed by atoms with Gasteiger partial charge in [0.1, 0.15) is 0 Å². The summed E-state index contributed by atoms with van der Waals surface area (Å²) < 4.78 is 0. The summed E-state index contributed by atoms with van der Waals surface area (Å²) in [7, 11) is 0. The molecule has 82 heavy (non-hydrogen) atoms. The highest BCUT2D eigenvalue weighted by Gasteiger charge is 2.28. The number of rotatable bonds is 8. The predicted molar refractivity (Wildman–Crippen MR) is 354 cm³/mol. The molecular weight excluding hydrogens is 985 g/mol. The summed E-state index contributed by atoms with van der Waals surface area (Å²) in [6, 6.07) is 105. The molecule has 0 atom stereocenters. The third-order valence-corrected chi connectivity index (χ3v) is 17.3. The van der Waals surface area contributed by atoms with Crippen molar-refractivity contribution in [2.24, 2.45) is 0 Å². The van der Waals surface area contributed by atoms with Crippen molar-refractivity contribution in [2.45, 2.75) is 27.7 Å². The van der Waals surface area contributed by atoms with Crippen LogP contribution in [-0.2, 0) is 0 Å². The molecule has 0 heterocycles. The van der Waals surface area contributed by atoms with Gasteiger partial charge in [-0.25, -0.2) is 0 Å². The Morgan fingerprint density at radius 2 is 0.463 bits per heavy atom. The molecule has 0 aliphatic heterocycles. The summed E-state index contributed by atoms with van der Waals surface area (Å²) in [5, 5.41) is 14.7. The first-order valence-electron chi connectivity index (χ1n) is 28.7. The third-order valence-electron chi connectivity index (χ3n) is 17.3. The molecule has 386 valence electrons. The molecule has 0 aromatic heterocycles. The van der Waals surface area contributed by atoms with Crippen molar-refractivity contribution in [3.63, 3.8) is 0 Å². The average molecular weight is 1040 g/mol. The van der Waals surface area contributed by atoms with Crippen LogP contribution in [0.1, 0.15) is 22.3 Å². The minimum Gasteiger partial charge on any atom is -0.0622 e. The number of hydrogen-bond acceptors (Lipinski definition) is 0. The third kappa shape index (κ3) is 8.05. The van der Waals surface area contributed by atoms with E-state index in [2.05, 4.69) is 307 Å². The Hall–Kier alpha value is -10.1. The van der Waals surface area contributed by atoms with Crippen molar-refractivity contribution in [1.29, 1.82) is 0 Å². The SMILES string of the molecule is Cc1ccc(-c2cc3c(ccc4c(-c5ccc(C)cc5)c(-c5c6ccccc6c(-c6ccccc6)c6ccccc56)cc(-c5ccc(C)cc5)c43)c(-c3ccc(C)cc3)c2-c2c3ccccc3c(-c3ccccc3)c3ccccc23)cc1. The second-order valence-electron chi connectivity index (χ2n) is 22.5. The van der Waals surface area contributed by atoms with Crippen molar-refractivity contribution >= 4 is 64.6 Å². The zero-order chi connectivity index (χ0) is 55.0. The fourth-order valence-electron chi connectivity index (χ4n) is 13.5. The van der Waals surface area contributed by atoms with E-state index < -0.39 is 0 Å². The van der Waals surface area contributed by atoms with Crippen LogP contribution in [-0.4, -0.2) is 0 Å². The van der Waals surface area contributed by atoms with E-state index in [1.165, 1.54) is 176 Å². The zero-order valence-corrected chi connectivity index (χ0v) is 46.6. The molecule has 0 fully saturated rings. The van der Waals surface area contributed by atoms with Gasteiger partial charge >= 0.3 is 0 Å². The molecule has 15 rings (SSSR count). The molecule has 0 amide bonds. The van der Waals surface area contributed by atoms with Gasteiger partial charge in [-0.15, -0.1) is 0 Å². The molecule has 0 unspecified atom stereocenters. The van der Waals surface area contributed by atoms with Crippen molar-refractivity contribution < 1.29 is 0 Å². The number of aryl methyl sites for hydroxylation is 4. The summed E-state index contributed by atoms with van der Waals surface area (Å²) in [6.45, 7) is 8.78. The molecule has 0 radical (unpaired) electrons. The summed E-state index contributed by atoms with van der Waals surface area (Å²) in [5.74, 6) is 0. The van der Waals surface area contributed by atoms with Crippen molar-refractivity contribution in [3.8, 4) is 89.0 Å². The Balaban J connectivity index is 1.17. The lowest BCUT2D eigenvalue weighted by Gasteiger charge is -2.26. The van der Waals surface area contributed by atoms with Gasteiger partial charge in [-0.3, -0.25) is 0 Å². The van der Waals surface area contributed by atoms with Crippen LogP contribution in [0.3, 0.4) is 0 Å². The monoisotopic (exact) mass is 1040 g/mol. The zero-order valence-electron chi connectivity index (χ0n) is 46.6. The van der Waals surface area contributed by atoms with E-state index >= 15 is 0 Å². The van der Waals surface area contributed by atoms with Crippen molar-refractivity contribution in [2.75, 3.05) is 0 Å². The fraction of sp³-hybridized carbons (Fsp3) is 0.0488. The van der Waals surface area contributed by atoms with Crippen LogP contribution in [0.4, 0.5) is 0 Å². The van der Waals surface area contributed by atoms with Crippen LogP contribution in [0.2, 0.25) is 0 Å². The molecule has 0 bridgehead atoms. The molecule has 15 aromatic rings. The first-order chi connectivity index (χ1) is 40.4. The van der Waals surface area contributed by atoms with Crippen LogP contribution in [0.15, 0.2) is 279 Å². The maximum absolute atomic E-state index is 2.57. The molecule has 0 saturated heterocycles. The van der Waals surface area contributed by atoms with Gasteiger partial charge in [0.25, 0.3) is 0 Å². The second kappa shape index (κ2) is 19.9. The van der Waals surface area contributed by atoms with Gasteiger partial charge in [0.15, 0.2) is 0 Å². The lowest BCUT2D eigenvalue weighted by atomic mass is 9.76. The molecule has 0 saturated carbocycles. The van der Waals surface area contributed by atoms with Crippen molar-refractivity contribution in [3.05, 3.63) is 301 Å². The topological polar surface area (TPSA) is 0 Å². The molecule has 0 spiro atoms. The Bertz CT molecular complexity index is 4880. The molecule has 0 heteroatoms. The summed E-state index contributed by atoms with van der Waals surface area (Å²) in [6.07, 6.45) is 0. The van der Waals surface area contributed by atoms with E-state index in [-0.39, 0.29) is 0 Å². The molecule has 0 nitrogen and oxygen atoms in total. The lowest BCUT2D eigenvalue weighted by molar-refractivity contribution is 1.46. The van der Waals surface area contributed by atoms with E-state index in [1.54, 1.807) is 0 Å². The highest BCUT2D eigenvalue weighted by atomic mass is 14.3. The van der Waals surface area contributed by atoms with Crippen LogP contribution >= 0.6 is 0 Å². The van der Waals surface area contributed by atoms with Crippen molar-refractivity contribution in [1.82, 2.24) is 0 Å². The van der Waals surface area contributed by atoms with Gasteiger partial charge in [-0.05, 0) is 193 Å². The Kier molecular flexibility index (Phi) is 11.9. The van der Waals surface area contributed by atoms with E-state index in [0.717, 1.165) is 0 Å². The average Bonchev–Trinajstić information content (AvgIpc) is 2.37. The van der Waals surface area contributed by atoms with Crippen LogP contribution in [0.5, 0.6) is 0 Å². The summed E-state index contributed by atoms with van der Waals surface area (Å²) >= 11 is 0. The smallest absolute Gasteiger partial charge is 0.000786 e. The molecular formula is C82H58. The van der Waals surface area contributed by atoms with E-state index in [9.17, 15) is 0 Å². The minimum atomic E-state index is 1.18. The van der Waals surface area contributed by atoms with E-state index in [4.69, 9.17) is 0 Å². The molecule has 0 N–H and O–H groups in total. The second-order valence-corrected chi connectivity index (χ2v) is 22.5. The fourth-order valence-corrected chi connectivity index (χ4v) is 13.5. The number of fused-ring (bicyclic) bond motifs is 7. The largest absolute Gasteiger partial charge is 0.0622 e. The van der Waals surface area contributed by atoms with Crippen LogP contribution in [0, 0.1) is 27.7 Å². The first-order valence-corrected chi connectivity index (χ1v) is 28.7. The van der Waals surface area contributed by atoms with Gasteiger partial charge in [0.05, 0.1) is 0 Å². The lowest BCUT2D eigenvalue weighted by Crippen LogP contribution is -1.99.